The summed E-state index contributed by atoms with van der Waals surface area (Å²) in [6, 6.07) is 3.62. The third-order valence-corrected chi connectivity index (χ3v) is 3.96. The second-order valence-corrected chi connectivity index (χ2v) is 6.00. The Morgan fingerprint density at radius 3 is 2.06 bits per heavy atom. The summed E-state index contributed by atoms with van der Waals surface area (Å²) in [6.45, 7) is 0. The number of hydrogen-bond acceptors (Lipinski definition) is 6. The molecule has 0 bridgehead atoms. The molecule has 0 N–H and O–H groups in total. The summed E-state index contributed by atoms with van der Waals surface area (Å²) in [5, 5.41) is 8.89. The van der Waals surface area contributed by atoms with Crippen LogP contribution in [-0.2, 0) is 0 Å². The van der Waals surface area contributed by atoms with Crippen LogP contribution in [0.1, 0.15) is 0 Å². The SMILES string of the molecule is COc1cc(OC)c(-c2nnc(I)s2)cc1OC. The third-order valence-electron chi connectivity index (χ3n) is 2.34. The van der Waals surface area contributed by atoms with Crippen molar-refractivity contribution in [3.63, 3.8) is 0 Å². The van der Waals surface area contributed by atoms with Gasteiger partial charge in [0.05, 0.1) is 26.9 Å². The van der Waals surface area contributed by atoms with Gasteiger partial charge in [-0.3, -0.25) is 0 Å². The van der Waals surface area contributed by atoms with Crippen molar-refractivity contribution in [1.82, 2.24) is 10.2 Å². The topological polar surface area (TPSA) is 53.5 Å². The Hall–Kier alpha value is -1.09. The Morgan fingerprint density at radius 1 is 0.944 bits per heavy atom. The summed E-state index contributed by atoms with van der Waals surface area (Å²) in [5.74, 6) is 1.94. The number of nitrogens with zero attached hydrogens (tertiary/aromatic N) is 2. The molecular weight excluding hydrogens is 367 g/mol. The van der Waals surface area contributed by atoms with Gasteiger partial charge in [-0.2, -0.15) is 0 Å². The lowest BCUT2D eigenvalue weighted by molar-refractivity contribution is 0.349. The lowest BCUT2D eigenvalue weighted by Gasteiger charge is -2.12. The summed E-state index contributed by atoms with van der Waals surface area (Å²) >= 11 is 3.62. The lowest BCUT2D eigenvalue weighted by Crippen LogP contribution is -1.94. The highest BCUT2D eigenvalue weighted by molar-refractivity contribution is 14.1. The molecule has 1 aromatic carbocycles. The first-order valence-electron chi connectivity index (χ1n) is 4.99. The van der Waals surface area contributed by atoms with Crippen LogP contribution in [0.15, 0.2) is 12.1 Å². The van der Waals surface area contributed by atoms with E-state index in [9.17, 15) is 0 Å². The molecule has 7 heteroatoms. The van der Waals surface area contributed by atoms with Crippen molar-refractivity contribution in [1.29, 1.82) is 0 Å². The number of halogens is 1. The molecule has 0 unspecified atom stereocenters. The van der Waals surface area contributed by atoms with E-state index in [2.05, 4.69) is 32.8 Å². The average Bonchev–Trinajstić information content (AvgIpc) is 2.83. The smallest absolute Gasteiger partial charge is 0.178 e. The molecule has 2 aromatic rings. The highest BCUT2D eigenvalue weighted by Gasteiger charge is 2.16. The van der Waals surface area contributed by atoms with Crippen LogP contribution >= 0.6 is 33.9 Å². The van der Waals surface area contributed by atoms with Crippen molar-refractivity contribution in [3.05, 3.63) is 15.1 Å². The molecule has 0 amide bonds. The van der Waals surface area contributed by atoms with Crippen LogP contribution in [-0.4, -0.2) is 31.5 Å². The third kappa shape index (κ3) is 2.51. The molecule has 18 heavy (non-hydrogen) atoms. The van der Waals surface area contributed by atoms with E-state index in [4.69, 9.17) is 14.2 Å². The summed E-state index contributed by atoms with van der Waals surface area (Å²) in [6.07, 6.45) is 0. The minimum Gasteiger partial charge on any atom is -0.496 e. The summed E-state index contributed by atoms with van der Waals surface area (Å²) < 4.78 is 16.7. The van der Waals surface area contributed by atoms with Crippen LogP contribution < -0.4 is 14.2 Å². The Labute approximate surface area is 122 Å². The Balaban J connectivity index is 2.58. The summed E-state index contributed by atoms with van der Waals surface area (Å²) in [5.41, 5.74) is 0.843. The van der Waals surface area contributed by atoms with Gasteiger partial charge in [0.15, 0.2) is 19.5 Å². The molecule has 0 radical (unpaired) electrons. The molecule has 0 aliphatic rings. The van der Waals surface area contributed by atoms with E-state index >= 15 is 0 Å². The van der Waals surface area contributed by atoms with Gasteiger partial charge in [-0.15, -0.1) is 10.2 Å². The van der Waals surface area contributed by atoms with E-state index in [1.54, 1.807) is 27.4 Å². The maximum absolute atomic E-state index is 5.35. The van der Waals surface area contributed by atoms with Gasteiger partial charge in [0.2, 0.25) is 0 Å². The molecule has 2 rings (SSSR count). The molecule has 5 nitrogen and oxygen atoms in total. The van der Waals surface area contributed by atoms with Crippen molar-refractivity contribution in [2.24, 2.45) is 0 Å². The Kier molecular flexibility index (Phi) is 4.23. The number of rotatable bonds is 4. The minimum atomic E-state index is 0.623. The molecule has 0 saturated heterocycles. The summed E-state index contributed by atoms with van der Waals surface area (Å²) in [4.78, 5) is 0. The van der Waals surface area contributed by atoms with Gasteiger partial charge < -0.3 is 14.2 Å². The molecule has 0 spiro atoms. The van der Waals surface area contributed by atoms with Crippen molar-refractivity contribution >= 4 is 33.9 Å². The van der Waals surface area contributed by atoms with Crippen molar-refractivity contribution < 1.29 is 14.2 Å². The molecule has 96 valence electrons. The first-order chi connectivity index (χ1) is 8.69. The van der Waals surface area contributed by atoms with Gasteiger partial charge in [0.1, 0.15) is 5.75 Å². The number of methoxy groups -OCH3 is 3. The predicted octanol–water partition coefficient (Wildman–Crippen LogP) is 2.84. The highest BCUT2D eigenvalue weighted by atomic mass is 127. The molecular formula is C11H11IN2O3S. The van der Waals surface area contributed by atoms with Gasteiger partial charge >= 0.3 is 0 Å². The van der Waals surface area contributed by atoms with Crippen LogP contribution in [0.2, 0.25) is 0 Å². The standard InChI is InChI=1S/C11H11IN2O3S/c1-15-7-5-9(17-3)8(16-2)4-6(7)10-13-14-11(12)18-10/h4-5H,1-3H3. The molecule has 0 aliphatic carbocycles. The number of benzene rings is 1. The van der Waals surface area contributed by atoms with Crippen LogP contribution in [0, 0.1) is 3.01 Å². The Bertz CT molecular complexity index is 559. The molecule has 0 saturated carbocycles. The molecule has 0 atom stereocenters. The monoisotopic (exact) mass is 378 g/mol. The van der Waals surface area contributed by atoms with Gasteiger partial charge in [0.25, 0.3) is 0 Å². The summed E-state index contributed by atoms with van der Waals surface area (Å²) in [7, 11) is 4.79. The van der Waals surface area contributed by atoms with Gasteiger partial charge in [-0.25, -0.2) is 0 Å². The van der Waals surface area contributed by atoms with Gasteiger partial charge in [-0.1, -0.05) is 11.3 Å². The zero-order valence-electron chi connectivity index (χ0n) is 10.1. The number of ether oxygens (including phenoxy) is 3. The van der Waals surface area contributed by atoms with Crippen molar-refractivity contribution in [2.45, 2.75) is 0 Å². The molecule has 0 fully saturated rings. The molecule has 1 heterocycles. The van der Waals surface area contributed by atoms with Crippen LogP contribution in [0.4, 0.5) is 0 Å². The molecule has 1 aromatic heterocycles. The fourth-order valence-electron chi connectivity index (χ4n) is 1.51. The zero-order valence-corrected chi connectivity index (χ0v) is 13.0. The number of aromatic nitrogens is 2. The second kappa shape index (κ2) is 5.70. The maximum atomic E-state index is 5.35. The minimum absolute atomic E-state index is 0.623. The van der Waals surface area contributed by atoms with E-state index in [0.29, 0.717) is 17.2 Å². The van der Waals surface area contributed by atoms with E-state index in [1.165, 1.54) is 11.3 Å². The van der Waals surface area contributed by atoms with E-state index in [-0.39, 0.29) is 0 Å². The second-order valence-electron chi connectivity index (χ2n) is 3.27. The lowest BCUT2D eigenvalue weighted by atomic mass is 10.2. The van der Waals surface area contributed by atoms with Gasteiger partial charge in [0, 0.05) is 6.07 Å². The van der Waals surface area contributed by atoms with Crippen molar-refractivity contribution in [2.75, 3.05) is 21.3 Å². The number of hydrogen-bond donors (Lipinski definition) is 0. The van der Waals surface area contributed by atoms with E-state index in [1.807, 2.05) is 6.07 Å². The first-order valence-corrected chi connectivity index (χ1v) is 6.88. The fourth-order valence-corrected chi connectivity index (χ4v) is 2.84. The normalized spacial score (nSPS) is 10.2. The largest absolute Gasteiger partial charge is 0.496 e. The van der Waals surface area contributed by atoms with Crippen LogP contribution in [0.5, 0.6) is 17.2 Å². The first kappa shape index (κ1) is 13.3. The highest BCUT2D eigenvalue weighted by Crippen LogP contribution is 2.40. The predicted molar refractivity (Wildman–Crippen MR) is 77.7 cm³/mol. The average molecular weight is 378 g/mol. The van der Waals surface area contributed by atoms with Crippen LogP contribution in [0.3, 0.4) is 0 Å². The Morgan fingerprint density at radius 2 is 1.56 bits per heavy atom. The quantitative estimate of drug-likeness (QED) is 0.766. The van der Waals surface area contributed by atoms with E-state index < -0.39 is 0 Å². The van der Waals surface area contributed by atoms with Crippen molar-refractivity contribution in [3.8, 4) is 27.8 Å². The van der Waals surface area contributed by atoms with Crippen LogP contribution in [0.25, 0.3) is 10.6 Å². The zero-order chi connectivity index (χ0) is 13.1. The van der Waals surface area contributed by atoms with E-state index in [0.717, 1.165) is 13.6 Å². The molecule has 0 aliphatic heterocycles. The van der Waals surface area contributed by atoms with Gasteiger partial charge in [-0.05, 0) is 28.7 Å². The fraction of sp³-hybridized carbons (Fsp3) is 0.273. The maximum Gasteiger partial charge on any atom is 0.178 e.